The SMILES string of the molecule is NC(=O)c1cccnc1Oc1ccccc1N1CCNCC1. The topological polar surface area (TPSA) is 80.5 Å². The summed E-state index contributed by atoms with van der Waals surface area (Å²) in [6.07, 6.45) is 1.58. The number of para-hydroxylation sites is 2. The minimum absolute atomic E-state index is 0.234. The number of primary amides is 1. The number of nitrogens with two attached hydrogens (primary N) is 1. The Hall–Kier alpha value is -2.60. The van der Waals surface area contributed by atoms with Gasteiger partial charge in [0.25, 0.3) is 5.91 Å². The summed E-state index contributed by atoms with van der Waals surface area (Å²) in [5.41, 5.74) is 6.64. The standard InChI is InChI=1S/C16H18N4O2/c17-15(21)12-4-3-7-19-16(12)22-14-6-2-1-5-13(14)20-10-8-18-9-11-20/h1-7,18H,8-11H2,(H2,17,21). The van der Waals surface area contributed by atoms with Crippen LogP contribution in [0.25, 0.3) is 0 Å². The summed E-state index contributed by atoms with van der Waals surface area (Å²) < 4.78 is 5.88. The van der Waals surface area contributed by atoms with Crippen molar-refractivity contribution in [3.63, 3.8) is 0 Å². The largest absolute Gasteiger partial charge is 0.436 e. The highest BCUT2D eigenvalue weighted by Crippen LogP contribution is 2.32. The van der Waals surface area contributed by atoms with Crippen LogP contribution in [0.2, 0.25) is 0 Å². The Bertz CT molecular complexity index is 669. The number of ether oxygens (including phenoxy) is 1. The first-order valence-corrected chi connectivity index (χ1v) is 7.23. The van der Waals surface area contributed by atoms with E-state index >= 15 is 0 Å². The molecule has 3 rings (SSSR count). The van der Waals surface area contributed by atoms with Crippen molar-refractivity contribution < 1.29 is 9.53 Å². The molecule has 6 heteroatoms. The fraction of sp³-hybridized carbons (Fsp3) is 0.250. The minimum atomic E-state index is -0.553. The molecule has 0 saturated carbocycles. The van der Waals surface area contributed by atoms with Crippen LogP contribution in [0.1, 0.15) is 10.4 Å². The highest BCUT2D eigenvalue weighted by atomic mass is 16.5. The van der Waals surface area contributed by atoms with Crippen LogP contribution in [-0.2, 0) is 0 Å². The number of pyridine rings is 1. The van der Waals surface area contributed by atoms with E-state index in [2.05, 4.69) is 15.2 Å². The highest BCUT2D eigenvalue weighted by molar-refractivity contribution is 5.95. The van der Waals surface area contributed by atoms with Gasteiger partial charge >= 0.3 is 0 Å². The summed E-state index contributed by atoms with van der Waals surface area (Å²) in [5, 5.41) is 3.32. The lowest BCUT2D eigenvalue weighted by atomic mass is 10.2. The van der Waals surface area contributed by atoms with Crippen LogP contribution in [0.15, 0.2) is 42.6 Å². The van der Waals surface area contributed by atoms with E-state index in [-0.39, 0.29) is 11.4 Å². The lowest BCUT2D eigenvalue weighted by Crippen LogP contribution is -2.43. The molecule has 1 aliphatic heterocycles. The Morgan fingerprint density at radius 1 is 1.18 bits per heavy atom. The molecule has 22 heavy (non-hydrogen) atoms. The van der Waals surface area contributed by atoms with E-state index in [0.29, 0.717) is 5.75 Å². The first kappa shape index (κ1) is 14.3. The molecule has 1 fully saturated rings. The van der Waals surface area contributed by atoms with Gasteiger partial charge in [-0.3, -0.25) is 4.79 Å². The van der Waals surface area contributed by atoms with Gasteiger partial charge in [-0.2, -0.15) is 0 Å². The van der Waals surface area contributed by atoms with Crippen molar-refractivity contribution >= 4 is 11.6 Å². The Morgan fingerprint density at radius 3 is 2.73 bits per heavy atom. The van der Waals surface area contributed by atoms with Gasteiger partial charge in [0.15, 0.2) is 5.75 Å². The summed E-state index contributed by atoms with van der Waals surface area (Å²) in [7, 11) is 0. The highest BCUT2D eigenvalue weighted by Gasteiger charge is 2.17. The fourth-order valence-electron chi connectivity index (χ4n) is 2.47. The molecule has 0 spiro atoms. The molecule has 0 radical (unpaired) electrons. The van der Waals surface area contributed by atoms with Crippen molar-refractivity contribution in [3.8, 4) is 11.6 Å². The second-order valence-electron chi connectivity index (χ2n) is 5.03. The molecule has 0 unspecified atom stereocenters. The quantitative estimate of drug-likeness (QED) is 0.891. The third kappa shape index (κ3) is 3.01. The van der Waals surface area contributed by atoms with E-state index in [1.807, 2.05) is 24.3 Å². The zero-order chi connectivity index (χ0) is 15.4. The number of anilines is 1. The van der Waals surface area contributed by atoms with Crippen LogP contribution in [0.5, 0.6) is 11.6 Å². The van der Waals surface area contributed by atoms with Gasteiger partial charge in [-0.15, -0.1) is 0 Å². The molecule has 0 atom stereocenters. The van der Waals surface area contributed by atoms with Crippen molar-refractivity contribution in [1.82, 2.24) is 10.3 Å². The number of piperazine rings is 1. The van der Waals surface area contributed by atoms with Crippen LogP contribution < -0.4 is 20.7 Å². The van der Waals surface area contributed by atoms with Gasteiger partial charge in [0.05, 0.1) is 5.69 Å². The number of carbonyl (C=O) groups is 1. The van der Waals surface area contributed by atoms with Gasteiger partial charge in [-0.1, -0.05) is 12.1 Å². The Balaban J connectivity index is 1.91. The molecule has 0 aliphatic carbocycles. The first-order valence-electron chi connectivity index (χ1n) is 7.23. The molecule has 2 aromatic rings. The number of amides is 1. The summed E-state index contributed by atoms with van der Waals surface area (Å²) >= 11 is 0. The van der Waals surface area contributed by atoms with Gasteiger partial charge < -0.3 is 20.7 Å². The molecule has 1 aromatic heterocycles. The van der Waals surface area contributed by atoms with Gasteiger partial charge in [0, 0.05) is 32.4 Å². The van der Waals surface area contributed by atoms with E-state index in [9.17, 15) is 4.79 Å². The number of carbonyl (C=O) groups excluding carboxylic acids is 1. The molecule has 1 amide bonds. The lowest BCUT2D eigenvalue weighted by molar-refractivity contribution is 0.0997. The Morgan fingerprint density at radius 2 is 1.95 bits per heavy atom. The molecule has 2 heterocycles. The predicted molar refractivity (Wildman–Crippen MR) is 84.4 cm³/mol. The summed E-state index contributed by atoms with van der Waals surface area (Å²) in [4.78, 5) is 17.9. The minimum Gasteiger partial charge on any atom is -0.436 e. The predicted octanol–water partition coefficient (Wildman–Crippen LogP) is 1.38. The molecule has 114 valence electrons. The monoisotopic (exact) mass is 298 g/mol. The molecule has 6 nitrogen and oxygen atoms in total. The fourth-order valence-corrected chi connectivity index (χ4v) is 2.47. The normalized spacial score (nSPS) is 14.6. The van der Waals surface area contributed by atoms with Crippen LogP contribution in [-0.4, -0.2) is 37.1 Å². The van der Waals surface area contributed by atoms with E-state index in [0.717, 1.165) is 31.9 Å². The smallest absolute Gasteiger partial charge is 0.254 e. The maximum atomic E-state index is 11.5. The number of hydrogen-bond donors (Lipinski definition) is 2. The van der Waals surface area contributed by atoms with Gasteiger partial charge in [-0.05, 0) is 24.3 Å². The molecule has 1 saturated heterocycles. The van der Waals surface area contributed by atoms with Crippen LogP contribution in [0.3, 0.4) is 0 Å². The number of nitrogens with one attached hydrogen (secondary N) is 1. The first-order chi connectivity index (χ1) is 10.8. The van der Waals surface area contributed by atoms with Gasteiger partial charge in [0.2, 0.25) is 5.88 Å². The summed E-state index contributed by atoms with van der Waals surface area (Å²) in [5.74, 6) is 0.353. The molecule has 0 bridgehead atoms. The maximum absolute atomic E-state index is 11.5. The molecule has 1 aromatic carbocycles. The molecular weight excluding hydrogens is 280 g/mol. The van der Waals surface area contributed by atoms with Crippen LogP contribution in [0.4, 0.5) is 5.69 Å². The lowest BCUT2D eigenvalue weighted by Gasteiger charge is -2.30. The molecule has 1 aliphatic rings. The number of nitrogens with zero attached hydrogens (tertiary/aromatic N) is 2. The summed E-state index contributed by atoms with van der Waals surface area (Å²) in [6, 6.07) is 11.0. The second-order valence-corrected chi connectivity index (χ2v) is 5.03. The third-order valence-electron chi connectivity index (χ3n) is 3.57. The maximum Gasteiger partial charge on any atom is 0.254 e. The van der Waals surface area contributed by atoms with E-state index in [1.165, 1.54) is 0 Å². The molecule has 3 N–H and O–H groups in total. The van der Waals surface area contributed by atoms with E-state index in [4.69, 9.17) is 10.5 Å². The van der Waals surface area contributed by atoms with Crippen molar-refractivity contribution in [3.05, 3.63) is 48.2 Å². The number of hydrogen-bond acceptors (Lipinski definition) is 5. The Kier molecular flexibility index (Phi) is 4.20. The van der Waals surface area contributed by atoms with Crippen molar-refractivity contribution in [2.75, 3.05) is 31.1 Å². The Labute approximate surface area is 128 Å². The number of benzene rings is 1. The summed E-state index contributed by atoms with van der Waals surface area (Å²) in [6.45, 7) is 3.69. The van der Waals surface area contributed by atoms with Crippen molar-refractivity contribution in [2.45, 2.75) is 0 Å². The average Bonchev–Trinajstić information content (AvgIpc) is 2.56. The van der Waals surface area contributed by atoms with Crippen LogP contribution >= 0.6 is 0 Å². The number of aromatic nitrogens is 1. The van der Waals surface area contributed by atoms with Gasteiger partial charge in [-0.25, -0.2) is 4.98 Å². The second kappa shape index (κ2) is 6.44. The average molecular weight is 298 g/mol. The van der Waals surface area contributed by atoms with Crippen LogP contribution in [0, 0.1) is 0 Å². The molecular formula is C16H18N4O2. The van der Waals surface area contributed by atoms with Gasteiger partial charge in [0.1, 0.15) is 5.56 Å². The van der Waals surface area contributed by atoms with Crippen molar-refractivity contribution in [2.24, 2.45) is 5.73 Å². The zero-order valence-corrected chi connectivity index (χ0v) is 12.2. The third-order valence-corrected chi connectivity index (χ3v) is 3.57. The zero-order valence-electron chi connectivity index (χ0n) is 12.2. The van der Waals surface area contributed by atoms with E-state index in [1.54, 1.807) is 18.3 Å². The number of rotatable bonds is 4. The van der Waals surface area contributed by atoms with E-state index < -0.39 is 5.91 Å². The van der Waals surface area contributed by atoms with Crippen molar-refractivity contribution in [1.29, 1.82) is 0 Å².